The van der Waals surface area contributed by atoms with Gasteiger partial charge in [-0.25, -0.2) is 8.42 Å². The first-order chi connectivity index (χ1) is 13.1. The SMILES string of the molecule is COc1ccc(S(=O)(=O)N2CC[NH+]([C@H](C)C(=O)N(C(C)C)C(C)C)CC2)cc1. The minimum Gasteiger partial charge on any atom is -0.497 e. The summed E-state index contributed by atoms with van der Waals surface area (Å²) in [6, 6.07) is 6.56. The van der Waals surface area contributed by atoms with Crippen molar-refractivity contribution in [2.45, 2.75) is 57.6 Å². The Labute approximate surface area is 169 Å². The number of quaternary nitrogens is 1. The Hall–Kier alpha value is -1.64. The van der Waals surface area contributed by atoms with Crippen LogP contribution in [-0.2, 0) is 14.8 Å². The number of ether oxygens (including phenoxy) is 1. The van der Waals surface area contributed by atoms with E-state index in [2.05, 4.69) is 0 Å². The van der Waals surface area contributed by atoms with Gasteiger partial charge in [-0.3, -0.25) is 4.79 Å². The van der Waals surface area contributed by atoms with Gasteiger partial charge < -0.3 is 14.5 Å². The van der Waals surface area contributed by atoms with Crippen molar-refractivity contribution >= 4 is 15.9 Å². The van der Waals surface area contributed by atoms with Crippen LogP contribution in [0.5, 0.6) is 5.75 Å². The lowest BCUT2D eigenvalue weighted by Gasteiger charge is -2.38. The number of sulfonamides is 1. The lowest BCUT2D eigenvalue weighted by Crippen LogP contribution is -3.19. The van der Waals surface area contributed by atoms with Gasteiger partial charge in [0.1, 0.15) is 5.75 Å². The Balaban J connectivity index is 2.03. The van der Waals surface area contributed by atoms with Crippen LogP contribution in [-0.4, -0.2) is 74.9 Å². The van der Waals surface area contributed by atoms with Crippen molar-refractivity contribution in [3.8, 4) is 5.75 Å². The number of rotatable bonds is 7. The van der Waals surface area contributed by atoms with Crippen molar-refractivity contribution in [1.29, 1.82) is 0 Å². The molecule has 1 aliphatic heterocycles. The first-order valence-electron chi connectivity index (χ1n) is 9.90. The van der Waals surface area contributed by atoms with Gasteiger partial charge in [0.05, 0.1) is 38.2 Å². The molecule has 1 aliphatic rings. The average molecular weight is 413 g/mol. The third-order valence-corrected chi connectivity index (χ3v) is 7.32. The zero-order valence-corrected chi connectivity index (χ0v) is 18.6. The van der Waals surface area contributed by atoms with Crippen LogP contribution >= 0.6 is 0 Å². The van der Waals surface area contributed by atoms with Gasteiger partial charge in [-0.15, -0.1) is 0 Å². The number of nitrogens with zero attached hydrogens (tertiary/aromatic N) is 2. The fourth-order valence-corrected chi connectivity index (χ4v) is 5.29. The molecular weight excluding hydrogens is 378 g/mol. The molecule has 0 aliphatic carbocycles. The Morgan fingerprint density at radius 1 is 1.04 bits per heavy atom. The maximum atomic E-state index is 12.9. The fourth-order valence-electron chi connectivity index (χ4n) is 3.85. The van der Waals surface area contributed by atoms with Crippen LogP contribution in [0.15, 0.2) is 29.2 Å². The quantitative estimate of drug-likeness (QED) is 0.713. The molecule has 1 atom stereocenters. The van der Waals surface area contributed by atoms with Gasteiger partial charge in [-0.1, -0.05) is 0 Å². The summed E-state index contributed by atoms with van der Waals surface area (Å²) in [7, 11) is -1.98. The highest BCUT2D eigenvalue weighted by molar-refractivity contribution is 7.89. The van der Waals surface area contributed by atoms with E-state index in [-0.39, 0.29) is 28.9 Å². The topological polar surface area (TPSA) is 71.4 Å². The van der Waals surface area contributed by atoms with Crippen LogP contribution in [0, 0.1) is 0 Å². The van der Waals surface area contributed by atoms with E-state index in [9.17, 15) is 13.2 Å². The maximum absolute atomic E-state index is 12.9. The summed E-state index contributed by atoms with van der Waals surface area (Å²) < 4.78 is 32.4. The van der Waals surface area contributed by atoms with E-state index in [1.165, 1.54) is 4.31 Å². The van der Waals surface area contributed by atoms with Crippen LogP contribution < -0.4 is 9.64 Å². The van der Waals surface area contributed by atoms with Crippen molar-refractivity contribution in [3.05, 3.63) is 24.3 Å². The Morgan fingerprint density at radius 2 is 1.54 bits per heavy atom. The van der Waals surface area contributed by atoms with E-state index in [0.29, 0.717) is 31.9 Å². The predicted octanol–water partition coefficient (Wildman–Crippen LogP) is 0.618. The molecule has 7 nitrogen and oxygen atoms in total. The van der Waals surface area contributed by atoms with Gasteiger partial charge in [-0.05, 0) is 58.9 Å². The summed E-state index contributed by atoms with van der Waals surface area (Å²) in [5.74, 6) is 0.756. The highest BCUT2D eigenvalue weighted by Crippen LogP contribution is 2.19. The predicted molar refractivity (Wildman–Crippen MR) is 109 cm³/mol. The molecular formula is C20H34N3O4S+. The molecule has 0 radical (unpaired) electrons. The molecule has 158 valence electrons. The van der Waals surface area contributed by atoms with E-state index in [1.54, 1.807) is 31.4 Å². The first-order valence-corrected chi connectivity index (χ1v) is 11.3. The molecule has 0 aromatic heterocycles. The second kappa shape index (κ2) is 9.24. The number of hydrogen-bond donors (Lipinski definition) is 1. The minimum atomic E-state index is -3.53. The van der Waals surface area contributed by atoms with Crippen LogP contribution in [0.1, 0.15) is 34.6 Å². The molecule has 1 fully saturated rings. The second-order valence-corrected chi connectivity index (χ2v) is 9.83. The van der Waals surface area contributed by atoms with Gasteiger partial charge in [0.25, 0.3) is 5.91 Å². The number of methoxy groups -OCH3 is 1. The van der Waals surface area contributed by atoms with Crippen LogP contribution in [0.25, 0.3) is 0 Å². The highest BCUT2D eigenvalue weighted by atomic mass is 32.2. The molecule has 2 rings (SSSR count). The summed E-state index contributed by atoms with van der Waals surface area (Å²) in [5, 5.41) is 0. The third kappa shape index (κ3) is 4.85. The summed E-state index contributed by atoms with van der Waals surface area (Å²) in [5.41, 5.74) is 0. The molecule has 8 heteroatoms. The number of benzene rings is 1. The van der Waals surface area contributed by atoms with Crippen molar-refractivity contribution < 1.29 is 22.8 Å². The monoisotopic (exact) mass is 412 g/mol. The maximum Gasteiger partial charge on any atom is 0.281 e. The minimum absolute atomic E-state index is 0.131. The molecule has 1 N–H and O–H groups in total. The lowest BCUT2D eigenvalue weighted by molar-refractivity contribution is -0.918. The first kappa shape index (κ1) is 22.6. The van der Waals surface area contributed by atoms with Crippen molar-refractivity contribution in [3.63, 3.8) is 0 Å². The third-order valence-electron chi connectivity index (χ3n) is 5.41. The zero-order valence-electron chi connectivity index (χ0n) is 17.8. The highest BCUT2D eigenvalue weighted by Gasteiger charge is 2.37. The van der Waals surface area contributed by atoms with E-state index in [1.807, 2.05) is 39.5 Å². The van der Waals surface area contributed by atoms with Crippen LogP contribution in [0.2, 0.25) is 0 Å². The number of nitrogens with one attached hydrogen (secondary N) is 1. The van der Waals surface area contributed by atoms with Crippen molar-refractivity contribution in [2.75, 3.05) is 33.3 Å². The molecule has 1 heterocycles. The Bertz CT molecular complexity index is 746. The van der Waals surface area contributed by atoms with E-state index >= 15 is 0 Å². The normalized spacial score (nSPS) is 17.7. The standard InChI is InChI=1S/C20H33N3O4S/c1-15(2)23(16(3)4)20(24)17(5)21-11-13-22(14-12-21)28(25,26)19-9-7-18(27-6)8-10-19/h7-10,15-17H,11-14H2,1-6H3/p+1/t17-/m1/s1. The van der Waals surface area contributed by atoms with E-state index in [0.717, 1.165) is 4.90 Å². The molecule has 0 bridgehead atoms. The molecule has 0 spiro atoms. The molecule has 1 saturated heterocycles. The number of hydrogen-bond acceptors (Lipinski definition) is 4. The molecule has 1 aromatic rings. The summed E-state index contributed by atoms with van der Waals surface area (Å²) in [6.45, 7) is 12.1. The second-order valence-electron chi connectivity index (χ2n) is 7.89. The summed E-state index contributed by atoms with van der Waals surface area (Å²) in [6.07, 6.45) is 0. The van der Waals surface area contributed by atoms with Gasteiger partial charge in [0.2, 0.25) is 10.0 Å². The number of carbonyl (C=O) groups excluding carboxylic acids is 1. The van der Waals surface area contributed by atoms with Gasteiger partial charge in [0, 0.05) is 12.1 Å². The van der Waals surface area contributed by atoms with Gasteiger partial charge >= 0.3 is 0 Å². The van der Waals surface area contributed by atoms with Crippen molar-refractivity contribution in [2.24, 2.45) is 0 Å². The molecule has 28 heavy (non-hydrogen) atoms. The van der Waals surface area contributed by atoms with Gasteiger partial charge in [-0.2, -0.15) is 4.31 Å². The van der Waals surface area contributed by atoms with Crippen molar-refractivity contribution in [1.82, 2.24) is 9.21 Å². The molecule has 1 amide bonds. The van der Waals surface area contributed by atoms with Gasteiger partial charge in [0.15, 0.2) is 6.04 Å². The number of carbonyl (C=O) groups is 1. The molecule has 0 unspecified atom stereocenters. The smallest absolute Gasteiger partial charge is 0.281 e. The Morgan fingerprint density at radius 3 is 1.96 bits per heavy atom. The lowest BCUT2D eigenvalue weighted by atomic mass is 10.1. The number of piperazine rings is 1. The average Bonchev–Trinajstić information content (AvgIpc) is 2.67. The Kier molecular flexibility index (Phi) is 7.47. The largest absolute Gasteiger partial charge is 0.497 e. The van der Waals surface area contributed by atoms with Crippen LogP contribution in [0.4, 0.5) is 0 Å². The fraction of sp³-hybridized carbons (Fsp3) is 0.650. The zero-order chi connectivity index (χ0) is 21.1. The van der Waals surface area contributed by atoms with E-state index in [4.69, 9.17) is 4.74 Å². The number of amides is 1. The molecule has 1 aromatic carbocycles. The van der Waals surface area contributed by atoms with Crippen LogP contribution in [0.3, 0.4) is 0 Å². The summed E-state index contributed by atoms with van der Waals surface area (Å²) in [4.78, 5) is 16.3. The molecule has 0 saturated carbocycles. The van der Waals surface area contributed by atoms with E-state index < -0.39 is 10.0 Å². The summed E-state index contributed by atoms with van der Waals surface area (Å²) >= 11 is 0.